The monoisotopic (exact) mass is 437 g/mol. The van der Waals surface area contributed by atoms with Crippen LogP contribution in [0.5, 0.6) is 0 Å². The van der Waals surface area contributed by atoms with Gasteiger partial charge in [-0.2, -0.15) is 10.1 Å². The summed E-state index contributed by atoms with van der Waals surface area (Å²) < 4.78 is 0. The van der Waals surface area contributed by atoms with Crippen LogP contribution in [0.4, 0.5) is 11.8 Å². The average molecular weight is 438 g/mol. The number of rotatable bonds is 6. The van der Waals surface area contributed by atoms with Crippen molar-refractivity contribution in [3.63, 3.8) is 0 Å². The molecule has 0 amide bonds. The van der Waals surface area contributed by atoms with Crippen molar-refractivity contribution in [2.75, 3.05) is 24.3 Å². The lowest BCUT2D eigenvalue weighted by molar-refractivity contribution is 0.345. The number of aromatic nitrogens is 6. The molecular weight excluding hydrogens is 413 g/mol. The molecule has 4 N–H and O–H groups in total. The third kappa shape index (κ3) is 5.31. The van der Waals surface area contributed by atoms with Crippen molar-refractivity contribution < 1.29 is 0 Å². The molecule has 4 rings (SSSR count). The van der Waals surface area contributed by atoms with Gasteiger partial charge in [0.15, 0.2) is 5.82 Å². The van der Waals surface area contributed by atoms with Crippen LogP contribution in [-0.2, 0) is 6.54 Å². The lowest BCUT2D eigenvalue weighted by Gasteiger charge is -2.32. The molecule has 1 aliphatic rings. The summed E-state index contributed by atoms with van der Waals surface area (Å²) >= 11 is 0. The van der Waals surface area contributed by atoms with Gasteiger partial charge in [0.25, 0.3) is 0 Å². The Labute approximate surface area is 181 Å². The highest BCUT2D eigenvalue weighted by atomic mass is 35.5. The molecule has 0 spiro atoms. The Morgan fingerprint density at radius 3 is 2.52 bits per heavy atom. The molecule has 156 valence electrons. The van der Waals surface area contributed by atoms with E-state index in [1.54, 1.807) is 12.4 Å². The Bertz CT molecular complexity index is 911. The molecule has 11 heteroatoms. The van der Waals surface area contributed by atoms with Crippen molar-refractivity contribution in [3.05, 3.63) is 42.1 Å². The Kier molecular flexibility index (Phi) is 7.72. The zero-order valence-corrected chi connectivity index (χ0v) is 17.9. The first-order valence-corrected chi connectivity index (χ1v) is 8.96. The minimum atomic E-state index is 0. The van der Waals surface area contributed by atoms with Gasteiger partial charge in [0, 0.05) is 50.1 Å². The highest BCUT2D eigenvalue weighted by Gasteiger charge is 2.29. The first-order valence-electron chi connectivity index (χ1n) is 8.96. The molecular formula is C18H25Cl2N9. The van der Waals surface area contributed by atoms with Gasteiger partial charge in [-0.15, -0.1) is 24.8 Å². The summed E-state index contributed by atoms with van der Waals surface area (Å²) in [6.45, 7) is 0.492. The fourth-order valence-electron chi connectivity index (χ4n) is 3.03. The van der Waals surface area contributed by atoms with Crippen LogP contribution in [0, 0.1) is 0 Å². The third-order valence-electron chi connectivity index (χ3n) is 4.63. The largest absolute Gasteiger partial charge is 0.363 e. The molecule has 29 heavy (non-hydrogen) atoms. The Hall–Kier alpha value is -2.49. The van der Waals surface area contributed by atoms with Gasteiger partial charge in [0.05, 0.1) is 12.2 Å². The average Bonchev–Trinajstić information content (AvgIpc) is 3.13. The Balaban J connectivity index is 0.00000150. The second-order valence-corrected chi connectivity index (χ2v) is 7.00. The molecule has 1 saturated carbocycles. The molecule has 0 radical (unpaired) electrons. The van der Waals surface area contributed by atoms with E-state index >= 15 is 0 Å². The number of H-pyrrole nitrogens is 1. The van der Waals surface area contributed by atoms with E-state index in [0.29, 0.717) is 24.2 Å². The Morgan fingerprint density at radius 2 is 1.86 bits per heavy atom. The number of nitrogens with zero attached hydrogens (tertiary/aromatic N) is 6. The number of aromatic amines is 1. The second kappa shape index (κ2) is 9.82. The van der Waals surface area contributed by atoms with Crippen molar-refractivity contribution in [2.45, 2.75) is 31.3 Å². The fraction of sp³-hybridized carbons (Fsp3) is 0.389. The SMILES string of the molecule is CN(C)c1nc(NCc2nc(-c3ccncc3)n[nH]2)cc(C2CC(N)C2)n1.Cl.Cl. The summed E-state index contributed by atoms with van der Waals surface area (Å²) in [6, 6.07) is 6.04. The molecule has 9 nitrogen and oxygen atoms in total. The number of halogens is 2. The molecule has 0 aromatic carbocycles. The van der Waals surface area contributed by atoms with Gasteiger partial charge in [-0.05, 0) is 25.0 Å². The molecule has 0 unspecified atom stereocenters. The third-order valence-corrected chi connectivity index (χ3v) is 4.63. The summed E-state index contributed by atoms with van der Waals surface area (Å²) in [4.78, 5) is 19.7. The van der Waals surface area contributed by atoms with Crippen molar-refractivity contribution in [1.82, 2.24) is 30.1 Å². The number of anilines is 2. The lowest BCUT2D eigenvalue weighted by atomic mass is 9.78. The van der Waals surface area contributed by atoms with Gasteiger partial charge < -0.3 is 16.0 Å². The number of nitrogens with two attached hydrogens (primary N) is 1. The number of hydrogen-bond acceptors (Lipinski definition) is 8. The van der Waals surface area contributed by atoms with Gasteiger partial charge in [0.1, 0.15) is 11.6 Å². The minimum absolute atomic E-state index is 0. The maximum absolute atomic E-state index is 5.93. The molecule has 3 heterocycles. The topological polar surface area (TPSA) is 122 Å². The molecule has 0 aliphatic heterocycles. The molecule has 0 saturated heterocycles. The van der Waals surface area contributed by atoms with Crippen LogP contribution >= 0.6 is 24.8 Å². The van der Waals surface area contributed by atoms with Gasteiger partial charge in [-0.1, -0.05) is 0 Å². The molecule has 3 aromatic rings. The van der Waals surface area contributed by atoms with Crippen molar-refractivity contribution in [1.29, 1.82) is 0 Å². The van der Waals surface area contributed by atoms with E-state index in [9.17, 15) is 0 Å². The fourth-order valence-corrected chi connectivity index (χ4v) is 3.03. The smallest absolute Gasteiger partial charge is 0.227 e. The zero-order chi connectivity index (χ0) is 18.8. The van der Waals surface area contributed by atoms with E-state index in [4.69, 9.17) is 5.73 Å². The van der Waals surface area contributed by atoms with Crippen LogP contribution in [-0.4, -0.2) is 50.3 Å². The molecule has 1 aliphatic carbocycles. The number of nitrogens with one attached hydrogen (secondary N) is 2. The van der Waals surface area contributed by atoms with E-state index < -0.39 is 0 Å². The summed E-state index contributed by atoms with van der Waals surface area (Å²) in [5.74, 6) is 3.25. The second-order valence-electron chi connectivity index (χ2n) is 7.00. The molecule has 0 bridgehead atoms. The normalized spacial score (nSPS) is 17.5. The predicted octanol–water partition coefficient (Wildman–Crippen LogP) is 2.38. The van der Waals surface area contributed by atoms with E-state index in [0.717, 1.165) is 35.7 Å². The minimum Gasteiger partial charge on any atom is -0.363 e. The number of pyridine rings is 1. The number of hydrogen-bond donors (Lipinski definition) is 3. The van der Waals surface area contributed by atoms with Crippen LogP contribution in [0.2, 0.25) is 0 Å². The summed E-state index contributed by atoms with van der Waals surface area (Å²) in [5.41, 5.74) is 7.89. The summed E-state index contributed by atoms with van der Waals surface area (Å²) in [7, 11) is 3.87. The van der Waals surface area contributed by atoms with E-state index in [-0.39, 0.29) is 30.9 Å². The highest BCUT2D eigenvalue weighted by molar-refractivity contribution is 5.85. The van der Waals surface area contributed by atoms with Crippen molar-refractivity contribution in [3.8, 4) is 11.4 Å². The first kappa shape index (κ1) is 22.8. The zero-order valence-electron chi connectivity index (χ0n) is 16.2. The quantitative estimate of drug-likeness (QED) is 0.536. The van der Waals surface area contributed by atoms with Gasteiger partial charge in [0.2, 0.25) is 5.95 Å². The summed E-state index contributed by atoms with van der Waals surface area (Å²) in [6.07, 6.45) is 5.39. The predicted molar refractivity (Wildman–Crippen MR) is 118 cm³/mol. The molecule has 0 atom stereocenters. The van der Waals surface area contributed by atoms with E-state index in [1.165, 1.54) is 0 Å². The van der Waals surface area contributed by atoms with Crippen LogP contribution in [0.25, 0.3) is 11.4 Å². The van der Waals surface area contributed by atoms with Gasteiger partial charge in [-0.3, -0.25) is 10.1 Å². The van der Waals surface area contributed by atoms with Gasteiger partial charge in [-0.25, -0.2) is 9.97 Å². The first-order chi connectivity index (χ1) is 13.1. The van der Waals surface area contributed by atoms with E-state index in [1.807, 2.05) is 37.2 Å². The Morgan fingerprint density at radius 1 is 1.14 bits per heavy atom. The van der Waals surface area contributed by atoms with Crippen molar-refractivity contribution >= 4 is 36.6 Å². The van der Waals surface area contributed by atoms with Gasteiger partial charge >= 0.3 is 0 Å². The molecule has 1 fully saturated rings. The van der Waals surface area contributed by atoms with Crippen LogP contribution < -0.4 is 16.0 Å². The highest BCUT2D eigenvalue weighted by Crippen LogP contribution is 2.35. The maximum Gasteiger partial charge on any atom is 0.227 e. The van der Waals surface area contributed by atoms with Crippen molar-refractivity contribution in [2.24, 2.45) is 5.73 Å². The van der Waals surface area contributed by atoms with Crippen LogP contribution in [0.15, 0.2) is 30.6 Å². The maximum atomic E-state index is 5.93. The van der Waals surface area contributed by atoms with Crippen LogP contribution in [0.1, 0.15) is 30.3 Å². The molecule has 3 aromatic heterocycles. The standard InChI is InChI=1S/C18H23N9.2ClH/c1-27(2)18-22-14(12-7-13(19)8-12)9-15(24-18)21-10-16-23-17(26-25-16)11-3-5-20-6-4-11;;/h3-6,9,12-13H,7-8,10,19H2,1-2H3,(H,21,22,24)(H,23,25,26);2*1H. The lowest BCUT2D eigenvalue weighted by Crippen LogP contribution is -2.35. The van der Waals surface area contributed by atoms with E-state index in [2.05, 4.69) is 35.5 Å². The van der Waals surface area contributed by atoms with Crippen LogP contribution in [0.3, 0.4) is 0 Å². The summed E-state index contributed by atoms with van der Waals surface area (Å²) in [5, 5.41) is 10.5.